The molecule has 30 heavy (non-hydrogen) atoms. The first-order valence-electron chi connectivity index (χ1n) is 10.5. The van der Waals surface area contributed by atoms with Gasteiger partial charge in [-0.3, -0.25) is 9.59 Å². The second-order valence-electron chi connectivity index (χ2n) is 7.13. The van der Waals surface area contributed by atoms with Crippen molar-refractivity contribution in [2.75, 3.05) is 19.7 Å². The second-order valence-corrected chi connectivity index (χ2v) is 7.57. The van der Waals surface area contributed by atoms with Crippen LogP contribution in [0.3, 0.4) is 0 Å². The van der Waals surface area contributed by atoms with E-state index in [1.165, 1.54) is 0 Å². The number of nitrogens with one attached hydrogen (secondary N) is 1. The lowest BCUT2D eigenvalue weighted by molar-refractivity contribution is -0.142. The zero-order chi connectivity index (χ0) is 21.8. The maximum absolute atomic E-state index is 13.0. The average molecular weight is 431 g/mol. The fraction of sp³-hybridized carbons (Fsp3) is 0.417. The lowest BCUT2D eigenvalue weighted by Gasteiger charge is -2.30. The van der Waals surface area contributed by atoms with E-state index in [0.717, 1.165) is 18.4 Å². The lowest BCUT2D eigenvalue weighted by Crippen LogP contribution is -2.51. The summed E-state index contributed by atoms with van der Waals surface area (Å²) in [6, 6.07) is 16.3. The number of hydrogen-bond acceptors (Lipinski definition) is 3. The van der Waals surface area contributed by atoms with E-state index in [1.54, 1.807) is 29.2 Å². The molecule has 2 aromatic carbocycles. The maximum Gasteiger partial charge on any atom is 0.261 e. The summed E-state index contributed by atoms with van der Waals surface area (Å²) in [6.45, 7) is 4.94. The molecule has 0 aliphatic rings. The molecule has 0 unspecified atom stereocenters. The minimum atomic E-state index is -0.521. The summed E-state index contributed by atoms with van der Waals surface area (Å²) < 4.78 is 5.65. The molecule has 2 rings (SSSR count). The van der Waals surface area contributed by atoms with Crippen molar-refractivity contribution < 1.29 is 14.3 Å². The van der Waals surface area contributed by atoms with E-state index >= 15 is 0 Å². The zero-order valence-corrected chi connectivity index (χ0v) is 18.5. The predicted molar refractivity (Wildman–Crippen MR) is 121 cm³/mol. The number of amides is 2. The Kier molecular flexibility index (Phi) is 10.2. The summed E-state index contributed by atoms with van der Waals surface area (Å²) in [5, 5.41) is 3.56. The monoisotopic (exact) mass is 430 g/mol. The first-order valence-corrected chi connectivity index (χ1v) is 10.9. The number of nitrogens with zero attached hydrogens (tertiary/aromatic N) is 1. The fourth-order valence-corrected chi connectivity index (χ4v) is 3.29. The highest BCUT2D eigenvalue weighted by atomic mass is 35.5. The van der Waals surface area contributed by atoms with Crippen LogP contribution in [-0.2, 0) is 16.0 Å². The van der Waals surface area contributed by atoms with Gasteiger partial charge in [-0.15, -0.1) is 0 Å². The van der Waals surface area contributed by atoms with Crippen molar-refractivity contribution in [3.63, 3.8) is 0 Å². The molecule has 0 saturated heterocycles. The molecule has 0 saturated carbocycles. The van der Waals surface area contributed by atoms with Crippen molar-refractivity contribution in [3.8, 4) is 5.75 Å². The molecule has 0 fully saturated rings. The van der Waals surface area contributed by atoms with Crippen LogP contribution >= 0.6 is 11.6 Å². The summed E-state index contributed by atoms with van der Waals surface area (Å²) in [6.07, 6.45) is 3.13. The van der Waals surface area contributed by atoms with Crippen molar-refractivity contribution in [1.29, 1.82) is 0 Å². The Morgan fingerprint density at radius 1 is 1.07 bits per heavy atom. The lowest BCUT2D eigenvalue weighted by atomic mass is 10.1. The van der Waals surface area contributed by atoms with Gasteiger partial charge in [0.1, 0.15) is 11.8 Å². The number of unbranched alkanes of at least 4 members (excludes halogenated alkanes) is 1. The van der Waals surface area contributed by atoms with Gasteiger partial charge in [-0.1, -0.05) is 62.2 Å². The molecule has 5 nitrogen and oxygen atoms in total. The summed E-state index contributed by atoms with van der Waals surface area (Å²) in [7, 11) is 0. The van der Waals surface area contributed by atoms with Crippen molar-refractivity contribution in [1.82, 2.24) is 10.2 Å². The van der Waals surface area contributed by atoms with Crippen molar-refractivity contribution in [2.24, 2.45) is 0 Å². The van der Waals surface area contributed by atoms with E-state index in [0.29, 0.717) is 36.7 Å². The van der Waals surface area contributed by atoms with E-state index in [1.807, 2.05) is 37.3 Å². The molecule has 1 atom stereocenters. The van der Waals surface area contributed by atoms with Crippen molar-refractivity contribution in [3.05, 3.63) is 65.2 Å². The largest absolute Gasteiger partial charge is 0.484 e. The van der Waals surface area contributed by atoms with Gasteiger partial charge in [0.25, 0.3) is 5.91 Å². The summed E-state index contributed by atoms with van der Waals surface area (Å²) >= 11 is 5.90. The normalized spacial score (nSPS) is 11.6. The molecule has 2 aromatic rings. The summed E-state index contributed by atoms with van der Waals surface area (Å²) in [5.41, 5.74) is 1.12. The standard InChI is InChI=1S/C24H31ClN2O3/c1-3-5-16-26-24(29)22(4-2)27(17-15-19-9-7-6-8-10-19)23(28)18-30-21-13-11-20(25)12-14-21/h6-14,22H,3-5,15-18H2,1-2H3,(H,26,29)/t22-/m1/s1. The average Bonchev–Trinajstić information content (AvgIpc) is 2.76. The Morgan fingerprint density at radius 2 is 1.77 bits per heavy atom. The number of carbonyl (C=O) groups is 2. The third kappa shape index (κ3) is 7.71. The molecule has 0 radical (unpaired) electrons. The SMILES string of the molecule is CCCCNC(=O)[C@@H](CC)N(CCc1ccccc1)C(=O)COc1ccc(Cl)cc1. The molecule has 0 aliphatic carbocycles. The molecule has 2 amide bonds. The Bertz CT molecular complexity index is 781. The third-order valence-electron chi connectivity index (χ3n) is 4.88. The van der Waals surface area contributed by atoms with Gasteiger partial charge in [0.15, 0.2) is 6.61 Å². The van der Waals surface area contributed by atoms with Crippen LogP contribution in [0.1, 0.15) is 38.7 Å². The van der Waals surface area contributed by atoms with Crippen molar-refractivity contribution >= 4 is 23.4 Å². The molecular formula is C24H31ClN2O3. The van der Waals surface area contributed by atoms with E-state index in [9.17, 15) is 9.59 Å². The van der Waals surface area contributed by atoms with Gasteiger partial charge in [-0.2, -0.15) is 0 Å². The number of hydrogen-bond donors (Lipinski definition) is 1. The molecule has 6 heteroatoms. The molecule has 0 bridgehead atoms. The fourth-order valence-electron chi connectivity index (χ4n) is 3.16. The van der Waals surface area contributed by atoms with Crippen LogP contribution in [0.4, 0.5) is 0 Å². The molecule has 0 heterocycles. The van der Waals surface area contributed by atoms with Crippen LogP contribution in [0, 0.1) is 0 Å². The highest BCUT2D eigenvalue weighted by molar-refractivity contribution is 6.30. The van der Waals surface area contributed by atoms with Crippen LogP contribution in [0.5, 0.6) is 5.75 Å². The molecule has 1 N–H and O–H groups in total. The van der Waals surface area contributed by atoms with E-state index in [2.05, 4.69) is 12.2 Å². The van der Waals surface area contributed by atoms with E-state index in [-0.39, 0.29) is 18.4 Å². The first kappa shape index (κ1) is 23.7. The Morgan fingerprint density at radius 3 is 2.40 bits per heavy atom. The molecule has 162 valence electrons. The third-order valence-corrected chi connectivity index (χ3v) is 5.13. The Hall–Kier alpha value is -2.53. The van der Waals surface area contributed by atoms with Crippen LogP contribution in [0.25, 0.3) is 0 Å². The maximum atomic E-state index is 13.0. The minimum Gasteiger partial charge on any atom is -0.484 e. The number of rotatable bonds is 12. The van der Waals surface area contributed by atoms with Crippen LogP contribution in [0.15, 0.2) is 54.6 Å². The van der Waals surface area contributed by atoms with Gasteiger partial charge in [0, 0.05) is 18.1 Å². The highest BCUT2D eigenvalue weighted by Gasteiger charge is 2.28. The van der Waals surface area contributed by atoms with Crippen LogP contribution in [0.2, 0.25) is 5.02 Å². The second kappa shape index (κ2) is 12.9. The molecular weight excluding hydrogens is 400 g/mol. The minimum absolute atomic E-state index is 0.112. The number of ether oxygens (including phenoxy) is 1. The number of benzene rings is 2. The van der Waals surface area contributed by atoms with Gasteiger partial charge >= 0.3 is 0 Å². The van der Waals surface area contributed by atoms with Gasteiger partial charge in [0.2, 0.25) is 5.91 Å². The summed E-state index contributed by atoms with van der Waals surface area (Å²) in [5.74, 6) is 0.244. The van der Waals surface area contributed by atoms with Crippen LogP contribution in [-0.4, -0.2) is 42.5 Å². The molecule has 0 aliphatic heterocycles. The topological polar surface area (TPSA) is 58.6 Å². The zero-order valence-electron chi connectivity index (χ0n) is 17.8. The highest BCUT2D eigenvalue weighted by Crippen LogP contribution is 2.16. The molecule has 0 spiro atoms. The van der Waals surface area contributed by atoms with Gasteiger partial charge < -0.3 is 15.0 Å². The number of carbonyl (C=O) groups excluding carboxylic acids is 2. The van der Waals surface area contributed by atoms with Crippen LogP contribution < -0.4 is 10.1 Å². The van der Waals surface area contributed by atoms with E-state index < -0.39 is 6.04 Å². The van der Waals surface area contributed by atoms with Gasteiger partial charge in [-0.25, -0.2) is 0 Å². The smallest absolute Gasteiger partial charge is 0.261 e. The van der Waals surface area contributed by atoms with Gasteiger partial charge in [-0.05, 0) is 49.1 Å². The summed E-state index contributed by atoms with van der Waals surface area (Å²) in [4.78, 5) is 27.4. The van der Waals surface area contributed by atoms with Gasteiger partial charge in [0.05, 0.1) is 0 Å². The first-order chi connectivity index (χ1) is 14.5. The van der Waals surface area contributed by atoms with Crippen molar-refractivity contribution in [2.45, 2.75) is 45.6 Å². The molecule has 0 aromatic heterocycles. The quantitative estimate of drug-likeness (QED) is 0.505. The number of halogens is 1. The predicted octanol–water partition coefficient (Wildman–Crippen LogP) is 4.49. The van der Waals surface area contributed by atoms with E-state index in [4.69, 9.17) is 16.3 Å². The Balaban J connectivity index is 2.08. The Labute approximate surface area is 184 Å².